The highest BCUT2D eigenvalue weighted by molar-refractivity contribution is 7.93. The number of aryl methyl sites for hydroxylation is 1. The molecule has 1 aromatic heterocycles. The van der Waals surface area contributed by atoms with Crippen LogP contribution in [0.25, 0.3) is 0 Å². The summed E-state index contributed by atoms with van der Waals surface area (Å²) in [5.41, 5.74) is 1.53. The van der Waals surface area contributed by atoms with Crippen molar-refractivity contribution in [1.82, 2.24) is 10.3 Å². The van der Waals surface area contributed by atoms with Crippen LogP contribution in [-0.2, 0) is 25.9 Å². The molecule has 0 spiro atoms. The van der Waals surface area contributed by atoms with Crippen LogP contribution in [0.2, 0.25) is 0 Å². The second-order valence-corrected chi connectivity index (χ2v) is 11.6. The van der Waals surface area contributed by atoms with Crippen molar-refractivity contribution in [2.24, 2.45) is 0 Å². The summed E-state index contributed by atoms with van der Waals surface area (Å²) in [6, 6.07) is 15.3. The van der Waals surface area contributed by atoms with Gasteiger partial charge in [0.2, 0.25) is 14.2 Å². The summed E-state index contributed by atoms with van der Waals surface area (Å²) in [7, 11) is -4.03. The maximum atomic E-state index is 13.2. The molecule has 1 saturated carbocycles. The second kappa shape index (κ2) is 11.3. The third-order valence-electron chi connectivity index (χ3n) is 5.94. The van der Waals surface area contributed by atoms with Gasteiger partial charge in [-0.1, -0.05) is 47.7 Å². The number of hydrogen-bond donors (Lipinski definition) is 1. The normalized spacial score (nSPS) is 17.6. The van der Waals surface area contributed by atoms with Crippen LogP contribution < -0.4 is 5.32 Å². The van der Waals surface area contributed by atoms with E-state index in [1.54, 1.807) is 13.8 Å². The molecule has 2 aromatic carbocycles. The molecule has 1 fully saturated rings. The maximum Gasteiger partial charge on any atom is 0.338 e. The molecule has 0 radical (unpaired) electrons. The summed E-state index contributed by atoms with van der Waals surface area (Å²) in [5, 5.41) is 3.02. The second-order valence-electron chi connectivity index (χ2n) is 8.49. The van der Waals surface area contributed by atoms with Crippen molar-refractivity contribution < 1.29 is 27.5 Å². The summed E-state index contributed by atoms with van der Waals surface area (Å²) in [6.45, 7) is 3.92. The monoisotopic (exact) mass is 528 g/mol. The van der Waals surface area contributed by atoms with E-state index in [0.29, 0.717) is 12.3 Å². The average Bonchev–Trinajstić information content (AvgIpc) is 3.50. The lowest BCUT2D eigenvalue weighted by atomic mass is 10.2. The lowest BCUT2D eigenvalue weighted by Crippen LogP contribution is -2.41. The number of aromatic nitrogens is 1. The number of sulfone groups is 1. The SMILES string of the molecule is CCOC(=O)c1cccc(S(=O)(=O)c2nc(C)c(C(=O)N[C@H]3CCC[C@@H]3OCc3ccccc3)s2)c1. The first-order valence-corrected chi connectivity index (χ1v) is 14.1. The fourth-order valence-corrected chi connectivity index (χ4v) is 6.78. The predicted molar refractivity (Wildman–Crippen MR) is 135 cm³/mol. The number of ether oxygens (including phenoxy) is 2. The summed E-state index contributed by atoms with van der Waals surface area (Å²) >= 11 is 0.821. The maximum absolute atomic E-state index is 13.2. The molecule has 0 aliphatic heterocycles. The van der Waals surface area contributed by atoms with Gasteiger partial charge in [-0.2, -0.15) is 0 Å². The van der Waals surface area contributed by atoms with Crippen molar-refractivity contribution in [2.75, 3.05) is 6.61 Å². The van der Waals surface area contributed by atoms with Crippen LogP contribution in [0.1, 0.15) is 57.5 Å². The van der Waals surface area contributed by atoms with Gasteiger partial charge in [0.15, 0.2) is 0 Å². The largest absolute Gasteiger partial charge is 0.462 e. The molecule has 190 valence electrons. The Morgan fingerprint density at radius 1 is 1.11 bits per heavy atom. The van der Waals surface area contributed by atoms with Crippen LogP contribution in [0.5, 0.6) is 0 Å². The summed E-state index contributed by atoms with van der Waals surface area (Å²) in [6.07, 6.45) is 2.45. The van der Waals surface area contributed by atoms with Gasteiger partial charge in [-0.3, -0.25) is 4.79 Å². The molecule has 1 aliphatic carbocycles. The summed E-state index contributed by atoms with van der Waals surface area (Å²) in [4.78, 5) is 29.5. The number of esters is 1. The molecule has 1 heterocycles. The lowest BCUT2D eigenvalue weighted by molar-refractivity contribution is 0.0272. The molecule has 1 amide bonds. The van der Waals surface area contributed by atoms with E-state index in [9.17, 15) is 18.0 Å². The van der Waals surface area contributed by atoms with E-state index in [2.05, 4.69) is 10.3 Å². The Labute approximate surface area is 214 Å². The lowest BCUT2D eigenvalue weighted by Gasteiger charge is -2.21. The Morgan fingerprint density at radius 3 is 2.64 bits per heavy atom. The fourth-order valence-electron chi connectivity index (χ4n) is 4.10. The minimum atomic E-state index is -4.03. The van der Waals surface area contributed by atoms with Crippen molar-refractivity contribution in [3.8, 4) is 0 Å². The summed E-state index contributed by atoms with van der Waals surface area (Å²) in [5.74, 6) is -0.975. The number of carbonyl (C=O) groups excluding carboxylic acids is 2. The molecule has 1 N–H and O–H groups in total. The number of rotatable bonds is 9. The zero-order chi connectivity index (χ0) is 25.7. The van der Waals surface area contributed by atoms with E-state index < -0.39 is 15.8 Å². The molecular weight excluding hydrogens is 500 g/mol. The Kier molecular flexibility index (Phi) is 8.17. The number of carbonyl (C=O) groups is 2. The topological polar surface area (TPSA) is 112 Å². The third-order valence-corrected chi connectivity index (χ3v) is 9.23. The van der Waals surface area contributed by atoms with E-state index in [4.69, 9.17) is 9.47 Å². The zero-order valence-corrected chi connectivity index (χ0v) is 21.7. The quantitative estimate of drug-likeness (QED) is 0.412. The molecule has 0 saturated heterocycles. The number of amides is 1. The van der Waals surface area contributed by atoms with Crippen LogP contribution in [-0.4, -0.2) is 44.0 Å². The van der Waals surface area contributed by atoms with Gasteiger partial charge in [0.25, 0.3) is 5.91 Å². The molecular formula is C26H28N2O6S2. The van der Waals surface area contributed by atoms with Gasteiger partial charge >= 0.3 is 5.97 Å². The van der Waals surface area contributed by atoms with Crippen LogP contribution in [0.3, 0.4) is 0 Å². The van der Waals surface area contributed by atoms with Gasteiger partial charge in [0.1, 0.15) is 4.88 Å². The molecule has 0 unspecified atom stereocenters. The standard InChI is InChI=1S/C26H28N2O6S2/c1-3-33-25(30)19-11-7-12-20(15-19)36(31,32)26-27-17(2)23(35-26)24(29)28-21-13-8-14-22(21)34-16-18-9-5-4-6-10-18/h4-7,9-12,15,21-22H,3,8,13-14,16H2,1-2H3,(H,28,29)/t21-,22-/m0/s1. The first kappa shape index (κ1) is 26.0. The third kappa shape index (κ3) is 5.83. The highest BCUT2D eigenvalue weighted by Crippen LogP contribution is 2.29. The van der Waals surface area contributed by atoms with Crippen molar-refractivity contribution in [3.05, 3.63) is 76.3 Å². The fraction of sp³-hybridized carbons (Fsp3) is 0.346. The molecule has 0 bridgehead atoms. The van der Waals surface area contributed by atoms with Crippen molar-refractivity contribution in [1.29, 1.82) is 0 Å². The first-order valence-electron chi connectivity index (χ1n) is 11.8. The Bertz CT molecular complexity index is 1340. The van der Waals surface area contributed by atoms with E-state index in [0.717, 1.165) is 36.2 Å². The van der Waals surface area contributed by atoms with Crippen LogP contribution in [0.4, 0.5) is 0 Å². The highest BCUT2D eigenvalue weighted by atomic mass is 32.2. The van der Waals surface area contributed by atoms with E-state index in [1.807, 2.05) is 30.3 Å². The smallest absolute Gasteiger partial charge is 0.338 e. The Hall–Kier alpha value is -3.08. The first-order chi connectivity index (χ1) is 17.3. The Balaban J connectivity index is 1.47. The van der Waals surface area contributed by atoms with Gasteiger partial charge in [-0.05, 0) is 56.9 Å². The van der Waals surface area contributed by atoms with E-state index in [-0.39, 0.29) is 44.3 Å². The van der Waals surface area contributed by atoms with Crippen molar-refractivity contribution in [3.63, 3.8) is 0 Å². The van der Waals surface area contributed by atoms with Gasteiger partial charge in [-0.25, -0.2) is 18.2 Å². The number of nitrogens with zero attached hydrogens (tertiary/aromatic N) is 1. The zero-order valence-electron chi connectivity index (χ0n) is 20.1. The number of hydrogen-bond acceptors (Lipinski definition) is 8. The predicted octanol–water partition coefficient (Wildman–Crippen LogP) is 4.33. The number of nitrogens with one attached hydrogen (secondary N) is 1. The minimum absolute atomic E-state index is 0.0843. The molecule has 8 nitrogen and oxygen atoms in total. The highest BCUT2D eigenvalue weighted by Gasteiger charge is 2.32. The molecule has 2 atom stereocenters. The molecule has 36 heavy (non-hydrogen) atoms. The molecule has 4 rings (SSSR count). The Morgan fingerprint density at radius 2 is 1.89 bits per heavy atom. The van der Waals surface area contributed by atoms with E-state index >= 15 is 0 Å². The van der Waals surface area contributed by atoms with Gasteiger partial charge < -0.3 is 14.8 Å². The van der Waals surface area contributed by atoms with Gasteiger partial charge in [0, 0.05) is 0 Å². The number of thiazole rings is 1. The van der Waals surface area contributed by atoms with Gasteiger partial charge in [-0.15, -0.1) is 0 Å². The molecule has 10 heteroatoms. The average molecular weight is 529 g/mol. The van der Waals surface area contributed by atoms with E-state index in [1.165, 1.54) is 24.3 Å². The molecule has 1 aliphatic rings. The van der Waals surface area contributed by atoms with Crippen LogP contribution in [0.15, 0.2) is 63.8 Å². The van der Waals surface area contributed by atoms with Crippen LogP contribution >= 0.6 is 11.3 Å². The minimum Gasteiger partial charge on any atom is -0.462 e. The van der Waals surface area contributed by atoms with Crippen molar-refractivity contribution in [2.45, 2.75) is 61.1 Å². The van der Waals surface area contributed by atoms with Crippen molar-refractivity contribution >= 4 is 33.1 Å². The summed E-state index contributed by atoms with van der Waals surface area (Å²) < 4.78 is 37.3. The molecule has 3 aromatic rings. The number of benzene rings is 2. The van der Waals surface area contributed by atoms with Gasteiger partial charge in [0.05, 0.1) is 41.5 Å². The van der Waals surface area contributed by atoms with Crippen LogP contribution in [0, 0.1) is 6.92 Å².